The zero-order valence-corrected chi connectivity index (χ0v) is 10.9. The second-order valence-corrected chi connectivity index (χ2v) is 4.94. The van der Waals surface area contributed by atoms with Gasteiger partial charge in [-0.2, -0.15) is 0 Å². The Labute approximate surface area is 107 Å². The average molecular weight is 253 g/mol. The van der Waals surface area contributed by atoms with E-state index in [1.54, 1.807) is 26.2 Å². The van der Waals surface area contributed by atoms with Gasteiger partial charge in [-0.25, -0.2) is 4.39 Å². The molecule has 18 heavy (non-hydrogen) atoms. The molecule has 2 rings (SSSR count). The molecule has 2 unspecified atom stereocenters. The van der Waals surface area contributed by atoms with E-state index >= 15 is 0 Å². The minimum absolute atomic E-state index is 0.258. The van der Waals surface area contributed by atoms with Crippen molar-refractivity contribution in [1.82, 2.24) is 0 Å². The van der Waals surface area contributed by atoms with E-state index in [9.17, 15) is 9.50 Å². The minimum atomic E-state index is -0.631. The quantitative estimate of drug-likeness (QED) is 0.894. The fraction of sp³-hybridized carbons (Fsp3) is 0.571. The Balaban J connectivity index is 2.10. The second-order valence-electron chi connectivity index (χ2n) is 4.94. The van der Waals surface area contributed by atoms with E-state index in [2.05, 4.69) is 0 Å². The van der Waals surface area contributed by atoms with Gasteiger partial charge in [0.15, 0.2) is 0 Å². The average Bonchev–Trinajstić information content (AvgIpc) is 2.77. The Morgan fingerprint density at radius 2 is 2.33 bits per heavy atom. The van der Waals surface area contributed by atoms with Crippen LogP contribution in [0.3, 0.4) is 0 Å². The van der Waals surface area contributed by atoms with Crippen LogP contribution in [0.4, 0.5) is 10.1 Å². The molecule has 2 atom stereocenters. The number of aliphatic hydroxyl groups is 1. The summed E-state index contributed by atoms with van der Waals surface area (Å²) in [5.41, 5.74) is 1.24. The van der Waals surface area contributed by atoms with Crippen LogP contribution in [0.25, 0.3) is 0 Å². The summed E-state index contributed by atoms with van der Waals surface area (Å²) in [5, 5.41) is 9.42. The van der Waals surface area contributed by atoms with Crippen molar-refractivity contribution in [2.45, 2.75) is 19.4 Å². The highest BCUT2D eigenvalue weighted by molar-refractivity contribution is 5.50. The largest absolute Gasteiger partial charge is 0.389 e. The Hall–Kier alpha value is -1.13. The van der Waals surface area contributed by atoms with E-state index in [1.807, 2.05) is 4.90 Å². The number of ether oxygens (including phenoxy) is 1. The van der Waals surface area contributed by atoms with Gasteiger partial charge in [-0.3, -0.25) is 0 Å². The number of hydrogen-bond donors (Lipinski definition) is 1. The van der Waals surface area contributed by atoms with Gasteiger partial charge in [0.25, 0.3) is 0 Å². The lowest BCUT2D eigenvalue weighted by molar-refractivity contribution is 0.161. The van der Waals surface area contributed by atoms with Crippen molar-refractivity contribution in [3.63, 3.8) is 0 Å². The van der Waals surface area contributed by atoms with Crippen LogP contribution in [0.15, 0.2) is 18.2 Å². The van der Waals surface area contributed by atoms with E-state index in [-0.39, 0.29) is 5.82 Å². The van der Waals surface area contributed by atoms with Crippen molar-refractivity contribution >= 4 is 5.69 Å². The van der Waals surface area contributed by atoms with Gasteiger partial charge in [0.2, 0.25) is 0 Å². The molecule has 0 aliphatic carbocycles. The van der Waals surface area contributed by atoms with Gasteiger partial charge in [0, 0.05) is 26.1 Å². The SMILES string of the molecule is COCC1CCN(c2ccc(C(C)O)cc2F)C1. The molecule has 1 heterocycles. The standard InChI is InChI=1S/C14H20FNO2/c1-10(17)12-3-4-14(13(15)7-12)16-6-5-11(8-16)9-18-2/h3-4,7,10-11,17H,5-6,8-9H2,1-2H3. The maximum Gasteiger partial charge on any atom is 0.146 e. The highest BCUT2D eigenvalue weighted by Gasteiger charge is 2.24. The Kier molecular flexibility index (Phi) is 4.19. The molecule has 1 saturated heterocycles. The molecule has 0 radical (unpaired) electrons. The van der Waals surface area contributed by atoms with Crippen molar-refractivity contribution < 1.29 is 14.2 Å². The summed E-state index contributed by atoms with van der Waals surface area (Å²) in [6.07, 6.45) is 0.402. The fourth-order valence-corrected chi connectivity index (χ4v) is 2.46. The summed E-state index contributed by atoms with van der Waals surface area (Å²) in [6.45, 7) is 4.06. The zero-order chi connectivity index (χ0) is 13.1. The summed E-state index contributed by atoms with van der Waals surface area (Å²) in [5.74, 6) is 0.220. The molecule has 1 fully saturated rings. The number of aliphatic hydroxyl groups excluding tert-OH is 1. The highest BCUT2D eigenvalue weighted by Crippen LogP contribution is 2.28. The van der Waals surface area contributed by atoms with Crippen molar-refractivity contribution in [2.75, 3.05) is 31.7 Å². The molecule has 0 amide bonds. The van der Waals surface area contributed by atoms with Crippen molar-refractivity contribution in [1.29, 1.82) is 0 Å². The molecular formula is C14H20FNO2. The summed E-state index contributed by atoms with van der Waals surface area (Å²) in [4.78, 5) is 2.05. The molecule has 0 saturated carbocycles. The third-order valence-corrected chi connectivity index (χ3v) is 3.48. The molecular weight excluding hydrogens is 233 g/mol. The monoisotopic (exact) mass is 253 g/mol. The van der Waals surface area contributed by atoms with E-state index < -0.39 is 6.10 Å². The number of nitrogens with zero attached hydrogens (tertiary/aromatic N) is 1. The molecule has 0 spiro atoms. The molecule has 1 aromatic carbocycles. The predicted molar refractivity (Wildman–Crippen MR) is 69.2 cm³/mol. The van der Waals surface area contributed by atoms with Gasteiger partial charge in [-0.05, 0) is 31.0 Å². The second kappa shape index (κ2) is 5.67. The lowest BCUT2D eigenvalue weighted by Gasteiger charge is -2.20. The van der Waals surface area contributed by atoms with Gasteiger partial charge in [-0.15, -0.1) is 0 Å². The highest BCUT2D eigenvalue weighted by atomic mass is 19.1. The lowest BCUT2D eigenvalue weighted by atomic mass is 10.1. The van der Waals surface area contributed by atoms with E-state index in [1.165, 1.54) is 6.07 Å². The molecule has 4 heteroatoms. The summed E-state index contributed by atoms with van der Waals surface area (Å²) >= 11 is 0. The van der Waals surface area contributed by atoms with E-state index in [0.717, 1.165) is 26.1 Å². The number of methoxy groups -OCH3 is 1. The van der Waals surface area contributed by atoms with Crippen LogP contribution in [-0.2, 0) is 4.74 Å². The van der Waals surface area contributed by atoms with Crippen molar-refractivity contribution in [2.24, 2.45) is 5.92 Å². The summed E-state index contributed by atoms with van der Waals surface area (Å²) < 4.78 is 19.1. The normalized spacial score (nSPS) is 21.3. The maximum atomic E-state index is 14.0. The minimum Gasteiger partial charge on any atom is -0.389 e. The lowest BCUT2D eigenvalue weighted by Crippen LogP contribution is -2.22. The first kappa shape index (κ1) is 13.3. The van der Waals surface area contributed by atoms with Gasteiger partial charge in [0.1, 0.15) is 5.82 Å². The number of hydrogen-bond acceptors (Lipinski definition) is 3. The first-order valence-electron chi connectivity index (χ1n) is 6.33. The van der Waals surface area contributed by atoms with Crippen LogP contribution in [0.1, 0.15) is 25.0 Å². The zero-order valence-electron chi connectivity index (χ0n) is 10.9. The molecule has 0 bridgehead atoms. The third-order valence-electron chi connectivity index (χ3n) is 3.48. The topological polar surface area (TPSA) is 32.7 Å². The number of benzene rings is 1. The fourth-order valence-electron chi connectivity index (χ4n) is 2.46. The summed E-state index contributed by atoms with van der Waals surface area (Å²) in [7, 11) is 1.70. The van der Waals surface area contributed by atoms with E-state index in [0.29, 0.717) is 17.2 Å². The number of halogens is 1. The first-order chi connectivity index (χ1) is 8.61. The predicted octanol–water partition coefficient (Wildman–Crippen LogP) is 2.35. The van der Waals surface area contributed by atoms with Gasteiger partial charge < -0.3 is 14.7 Å². The molecule has 0 aromatic heterocycles. The number of anilines is 1. The van der Waals surface area contributed by atoms with Crippen LogP contribution in [0, 0.1) is 11.7 Å². The van der Waals surface area contributed by atoms with Gasteiger partial charge in [-0.1, -0.05) is 6.07 Å². The molecule has 1 N–H and O–H groups in total. The smallest absolute Gasteiger partial charge is 0.146 e. The van der Waals surface area contributed by atoms with E-state index in [4.69, 9.17) is 4.74 Å². The molecule has 3 nitrogen and oxygen atoms in total. The van der Waals surface area contributed by atoms with Gasteiger partial charge in [0.05, 0.1) is 18.4 Å². The Morgan fingerprint density at radius 3 is 2.94 bits per heavy atom. The maximum absolute atomic E-state index is 14.0. The van der Waals surface area contributed by atoms with Crippen LogP contribution < -0.4 is 4.90 Å². The molecule has 1 aliphatic rings. The van der Waals surface area contributed by atoms with Crippen LogP contribution >= 0.6 is 0 Å². The van der Waals surface area contributed by atoms with Crippen molar-refractivity contribution in [3.05, 3.63) is 29.6 Å². The van der Waals surface area contributed by atoms with Crippen LogP contribution in [0.5, 0.6) is 0 Å². The molecule has 100 valence electrons. The van der Waals surface area contributed by atoms with Crippen LogP contribution in [0.2, 0.25) is 0 Å². The van der Waals surface area contributed by atoms with Gasteiger partial charge >= 0.3 is 0 Å². The van der Waals surface area contributed by atoms with Crippen molar-refractivity contribution in [3.8, 4) is 0 Å². The third kappa shape index (κ3) is 2.82. The molecule has 1 aliphatic heterocycles. The summed E-state index contributed by atoms with van der Waals surface area (Å²) in [6, 6.07) is 4.96. The van der Waals surface area contributed by atoms with Crippen LogP contribution in [-0.4, -0.2) is 31.9 Å². The number of rotatable bonds is 4. The Morgan fingerprint density at radius 1 is 1.56 bits per heavy atom. The molecule has 1 aromatic rings. The first-order valence-corrected chi connectivity index (χ1v) is 6.33. The Bertz CT molecular complexity index is 409.